The molecule has 0 saturated carbocycles. The van der Waals surface area contributed by atoms with Crippen molar-refractivity contribution in [1.29, 1.82) is 0 Å². The molecule has 21 heavy (non-hydrogen) atoms. The smallest absolute Gasteiger partial charge is 0.306 e. The van der Waals surface area contributed by atoms with Crippen molar-refractivity contribution in [3.63, 3.8) is 0 Å². The molecule has 0 aromatic heterocycles. The highest BCUT2D eigenvalue weighted by Gasteiger charge is 2.10. The van der Waals surface area contributed by atoms with E-state index >= 15 is 0 Å². The first-order chi connectivity index (χ1) is 10.2. The molecular formula is C17H23NO3. The van der Waals surface area contributed by atoms with E-state index in [1.165, 1.54) is 49.5 Å². The summed E-state index contributed by atoms with van der Waals surface area (Å²) in [5.41, 5.74) is 4.21. The molecule has 0 bridgehead atoms. The molecule has 0 atom stereocenters. The Morgan fingerprint density at radius 3 is 2.67 bits per heavy atom. The lowest BCUT2D eigenvalue weighted by molar-refractivity contribution is -0.142. The lowest BCUT2D eigenvalue weighted by Crippen LogP contribution is -2.26. The Balaban J connectivity index is 1.73. The van der Waals surface area contributed by atoms with E-state index in [0.717, 1.165) is 6.42 Å². The van der Waals surface area contributed by atoms with Crippen LogP contribution >= 0.6 is 0 Å². The van der Waals surface area contributed by atoms with E-state index in [1.54, 1.807) is 0 Å². The van der Waals surface area contributed by atoms with Crippen LogP contribution in [-0.4, -0.2) is 25.5 Å². The van der Waals surface area contributed by atoms with E-state index in [4.69, 9.17) is 0 Å². The van der Waals surface area contributed by atoms with E-state index in [9.17, 15) is 9.59 Å². The van der Waals surface area contributed by atoms with Crippen LogP contribution in [-0.2, 0) is 33.6 Å². The largest absolute Gasteiger partial charge is 0.469 e. The first kappa shape index (κ1) is 15.5. The third-order valence-electron chi connectivity index (χ3n) is 3.93. The summed E-state index contributed by atoms with van der Waals surface area (Å²) in [5, 5.41) is 2.84. The fraction of sp³-hybridized carbons (Fsp3) is 0.529. The Morgan fingerprint density at radius 2 is 1.90 bits per heavy atom. The van der Waals surface area contributed by atoms with Crippen molar-refractivity contribution in [1.82, 2.24) is 5.32 Å². The van der Waals surface area contributed by atoms with Crippen LogP contribution in [0.25, 0.3) is 0 Å². The Bertz CT molecular complexity index is 511. The van der Waals surface area contributed by atoms with Crippen molar-refractivity contribution < 1.29 is 14.3 Å². The molecule has 1 amide bonds. The molecule has 4 nitrogen and oxygen atoms in total. The minimum atomic E-state index is -0.347. The molecule has 114 valence electrons. The van der Waals surface area contributed by atoms with Gasteiger partial charge < -0.3 is 10.1 Å². The van der Waals surface area contributed by atoms with E-state index < -0.39 is 0 Å². The molecule has 0 saturated heterocycles. The van der Waals surface area contributed by atoms with Gasteiger partial charge in [0, 0.05) is 13.0 Å². The van der Waals surface area contributed by atoms with Gasteiger partial charge in [0.1, 0.15) is 0 Å². The van der Waals surface area contributed by atoms with Crippen molar-refractivity contribution in [2.45, 2.75) is 44.9 Å². The predicted molar refractivity (Wildman–Crippen MR) is 81.0 cm³/mol. The van der Waals surface area contributed by atoms with Crippen LogP contribution < -0.4 is 5.32 Å². The standard InChI is InChI=1S/C17H23NO3/c1-21-17(20)9-8-16(19)18-11-10-13-6-7-14-4-2-3-5-15(14)12-13/h6-7,12H,2-5,8-11H2,1H3,(H,18,19). The minimum Gasteiger partial charge on any atom is -0.469 e. The molecule has 4 heteroatoms. The van der Waals surface area contributed by atoms with Gasteiger partial charge >= 0.3 is 5.97 Å². The molecule has 1 N–H and O–H groups in total. The van der Waals surface area contributed by atoms with Crippen LogP contribution in [0.4, 0.5) is 0 Å². The van der Waals surface area contributed by atoms with Crippen LogP contribution in [0.15, 0.2) is 18.2 Å². The summed E-state index contributed by atoms with van der Waals surface area (Å²) in [6.07, 6.45) is 6.10. The first-order valence-electron chi connectivity index (χ1n) is 7.63. The number of rotatable bonds is 6. The summed E-state index contributed by atoms with van der Waals surface area (Å²) in [6.45, 7) is 0.610. The van der Waals surface area contributed by atoms with Gasteiger partial charge in [-0.3, -0.25) is 9.59 Å². The fourth-order valence-corrected chi connectivity index (χ4v) is 2.69. The highest BCUT2D eigenvalue weighted by molar-refractivity contribution is 5.81. The summed E-state index contributed by atoms with van der Waals surface area (Å²) in [4.78, 5) is 22.5. The quantitative estimate of drug-likeness (QED) is 0.817. The Hall–Kier alpha value is -1.84. The number of carbonyl (C=O) groups excluding carboxylic acids is 2. The number of fused-ring (bicyclic) bond motifs is 1. The number of methoxy groups -OCH3 is 1. The van der Waals surface area contributed by atoms with Gasteiger partial charge in [-0.15, -0.1) is 0 Å². The number of esters is 1. The zero-order valence-electron chi connectivity index (χ0n) is 12.6. The molecule has 1 aliphatic carbocycles. The van der Waals surface area contributed by atoms with Gasteiger partial charge in [-0.05, 0) is 48.8 Å². The van der Waals surface area contributed by atoms with Crippen molar-refractivity contribution in [3.05, 3.63) is 34.9 Å². The number of nitrogens with one attached hydrogen (secondary N) is 1. The molecule has 1 aromatic rings. The van der Waals surface area contributed by atoms with Gasteiger partial charge in [0.05, 0.1) is 13.5 Å². The van der Waals surface area contributed by atoms with Gasteiger partial charge in [0.2, 0.25) is 5.91 Å². The summed E-state index contributed by atoms with van der Waals surface area (Å²) in [7, 11) is 1.33. The van der Waals surface area contributed by atoms with Gasteiger partial charge in [-0.25, -0.2) is 0 Å². The summed E-state index contributed by atoms with van der Waals surface area (Å²) in [6, 6.07) is 6.66. The number of ether oxygens (including phenoxy) is 1. The van der Waals surface area contributed by atoms with E-state index in [1.807, 2.05) is 0 Å². The maximum atomic E-state index is 11.6. The molecular weight excluding hydrogens is 266 g/mol. The topological polar surface area (TPSA) is 55.4 Å². The second-order valence-electron chi connectivity index (χ2n) is 5.49. The molecule has 1 aromatic carbocycles. The average Bonchev–Trinajstić information content (AvgIpc) is 2.52. The van der Waals surface area contributed by atoms with Crippen molar-refractivity contribution >= 4 is 11.9 Å². The van der Waals surface area contributed by atoms with E-state index in [0.29, 0.717) is 6.54 Å². The fourth-order valence-electron chi connectivity index (χ4n) is 2.69. The van der Waals surface area contributed by atoms with Gasteiger partial charge in [0.25, 0.3) is 0 Å². The van der Waals surface area contributed by atoms with Gasteiger partial charge in [-0.2, -0.15) is 0 Å². The van der Waals surface area contributed by atoms with Crippen molar-refractivity contribution in [2.24, 2.45) is 0 Å². The van der Waals surface area contributed by atoms with Crippen LogP contribution in [0.3, 0.4) is 0 Å². The molecule has 0 heterocycles. The Labute approximate surface area is 125 Å². The number of hydrogen-bond acceptors (Lipinski definition) is 3. The lowest BCUT2D eigenvalue weighted by atomic mass is 9.90. The molecule has 0 radical (unpaired) electrons. The van der Waals surface area contributed by atoms with Crippen molar-refractivity contribution in [2.75, 3.05) is 13.7 Å². The SMILES string of the molecule is COC(=O)CCC(=O)NCCc1ccc2c(c1)CCCC2. The van der Waals surface area contributed by atoms with Gasteiger partial charge in [-0.1, -0.05) is 18.2 Å². The predicted octanol–water partition coefficient (Wildman–Crippen LogP) is 2.18. The monoisotopic (exact) mass is 289 g/mol. The van der Waals surface area contributed by atoms with Crippen LogP contribution in [0, 0.1) is 0 Å². The van der Waals surface area contributed by atoms with Crippen LogP contribution in [0.5, 0.6) is 0 Å². The maximum Gasteiger partial charge on any atom is 0.306 e. The number of amides is 1. The third-order valence-corrected chi connectivity index (χ3v) is 3.93. The lowest BCUT2D eigenvalue weighted by Gasteiger charge is -2.16. The third kappa shape index (κ3) is 4.88. The summed E-state index contributed by atoms with van der Waals surface area (Å²) < 4.78 is 4.51. The Morgan fingerprint density at radius 1 is 1.14 bits per heavy atom. The van der Waals surface area contributed by atoms with Gasteiger partial charge in [0.15, 0.2) is 0 Å². The molecule has 0 fully saturated rings. The number of hydrogen-bond donors (Lipinski definition) is 1. The van der Waals surface area contributed by atoms with Crippen LogP contribution in [0.1, 0.15) is 42.4 Å². The molecule has 2 rings (SSSR count). The van der Waals surface area contributed by atoms with Crippen molar-refractivity contribution in [3.8, 4) is 0 Å². The highest BCUT2D eigenvalue weighted by Crippen LogP contribution is 2.22. The summed E-state index contributed by atoms with van der Waals surface area (Å²) >= 11 is 0. The first-order valence-corrected chi connectivity index (χ1v) is 7.63. The number of carbonyl (C=O) groups is 2. The normalized spacial score (nSPS) is 13.4. The zero-order valence-corrected chi connectivity index (χ0v) is 12.6. The second kappa shape index (κ2) is 7.81. The maximum absolute atomic E-state index is 11.6. The minimum absolute atomic E-state index is 0.0987. The van der Waals surface area contributed by atoms with E-state index in [2.05, 4.69) is 28.3 Å². The molecule has 0 spiro atoms. The highest BCUT2D eigenvalue weighted by atomic mass is 16.5. The molecule has 0 aliphatic heterocycles. The number of benzene rings is 1. The Kier molecular flexibility index (Phi) is 5.78. The van der Waals surface area contributed by atoms with Crippen LogP contribution in [0.2, 0.25) is 0 Å². The average molecular weight is 289 g/mol. The summed E-state index contributed by atoms with van der Waals surface area (Å²) in [5.74, 6) is -0.446. The number of aryl methyl sites for hydroxylation is 2. The second-order valence-corrected chi connectivity index (χ2v) is 5.49. The zero-order chi connectivity index (χ0) is 15.1. The molecule has 1 aliphatic rings. The van der Waals surface area contributed by atoms with E-state index in [-0.39, 0.29) is 24.7 Å². The molecule has 0 unspecified atom stereocenters.